The van der Waals surface area contributed by atoms with E-state index in [9.17, 15) is 0 Å². The predicted octanol–water partition coefficient (Wildman–Crippen LogP) is -0.501. The molecule has 0 aromatic heterocycles. The Hall–Kier alpha value is 0.0969. The first-order valence-electron chi connectivity index (χ1n) is 1.83. The minimum atomic E-state index is -1.70. The second-order valence-corrected chi connectivity index (χ2v) is 3.90. The summed E-state index contributed by atoms with van der Waals surface area (Å²) in [5.41, 5.74) is 0. The maximum absolute atomic E-state index is 4.92. The highest BCUT2D eigenvalue weighted by Crippen LogP contribution is 2.30. The van der Waals surface area contributed by atoms with Crippen molar-refractivity contribution in [2.45, 2.75) is 0 Å². The molecule has 0 N–H and O–H groups in total. The van der Waals surface area contributed by atoms with Gasteiger partial charge in [0.15, 0.2) is 0 Å². The van der Waals surface area contributed by atoms with Crippen molar-refractivity contribution in [1.29, 1.82) is 0 Å². The van der Waals surface area contributed by atoms with E-state index in [0.29, 0.717) is 6.79 Å². The zero-order valence-corrected chi connectivity index (χ0v) is 4.14. The monoisotopic (exact) mass is 104 g/mol. The lowest BCUT2D eigenvalue weighted by Crippen LogP contribution is -2.40. The number of hydrogen-bond donors (Lipinski definition) is 0. The molecule has 1 spiro atoms. The van der Waals surface area contributed by atoms with Crippen molar-refractivity contribution in [3.8, 4) is 0 Å². The van der Waals surface area contributed by atoms with Crippen molar-refractivity contribution in [3.63, 3.8) is 0 Å². The Morgan fingerprint density at radius 3 is 1.83 bits per heavy atom. The third-order valence-electron chi connectivity index (χ3n) is 0.938. The molecule has 0 aromatic carbocycles. The van der Waals surface area contributed by atoms with Gasteiger partial charge in [0.05, 0.1) is 0 Å². The Kier molecular flexibility index (Phi) is 0.364. The Morgan fingerprint density at radius 1 is 1.17 bits per heavy atom. The molecule has 0 aliphatic carbocycles. The van der Waals surface area contributed by atoms with Crippen molar-refractivity contribution in [2.24, 2.45) is 0 Å². The summed E-state index contributed by atoms with van der Waals surface area (Å²) in [4.78, 5) is 0. The van der Waals surface area contributed by atoms with Gasteiger partial charge in [-0.15, -0.1) is 0 Å². The maximum Gasteiger partial charge on any atom is 0.530 e. The molecule has 0 atom stereocenters. The van der Waals surface area contributed by atoms with Gasteiger partial charge in [-0.2, -0.15) is 0 Å². The van der Waals surface area contributed by atoms with Gasteiger partial charge in [0.25, 0.3) is 0 Å². The Bertz CT molecular complexity index is 72.9. The van der Waals surface area contributed by atoms with E-state index in [4.69, 9.17) is 13.3 Å². The molecule has 6 heavy (non-hydrogen) atoms. The molecule has 0 bridgehead atoms. The lowest BCUT2D eigenvalue weighted by molar-refractivity contribution is -0.0383. The van der Waals surface area contributed by atoms with Crippen LogP contribution in [0.4, 0.5) is 0 Å². The van der Waals surface area contributed by atoms with Gasteiger partial charge in [-0.1, -0.05) is 0 Å². The van der Waals surface area contributed by atoms with E-state index in [2.05, 4.69) is 0 Å². The topological polar surface area (TPSA) is 31.0 Å². The smallest absolute Gasteiger partial charge is 0.368 e. The SMILES string of the molecule is C1O[Si]2(CO2)O1. The molecule has 2 aliphatic heterocycles. The first kappa shape index (κ1) is 3.14. The molecule has 0 unspecified atom stereocenters. The Morgan fingerprint density at radius 2 is 1.83 bits per heavy atom. The van der Waals surface area contributed by atoms with E-state index in [0.717, 1.165) is 6.23 Å². The molecule has 2 aliphatic rings. The average molecular weight is 104 g/mol. The van der Waals surface area contributed by atoms with Gasteiger partial charge < -0.3 is 13.3 Å². The molecule has 34 valence electrons. The zero-order chi connectivity index (χ0) is 4.04. The Labute approximate surface area is 36.2 Å². The van der Waals surface area contributed by atoms with E-state index in [-0.39, 0.29) is 0 Å². The van der Waals surface area contributed by atoms with Crippen molar-refractivity contribution in [3.05, 3.63) is 0 Å². The molecule has 0 radical (unpaired) electrons. The van der Waals surface area contributed by atoms with Gasteiger partial charge >= 0.3 is 8.80 Å². The van der Waals surface area contributed by atoms with Crippen LogP contribution in [0.2, 0.25) is 0 Å². The van der Waals surface area contributed by atoms with Crippen LogP contribution in [0.5, 0.6) is 0 Å². The minimum Gasteiger partial charge on any atom is -0.368 e. The van der Waals surface area contributed by atoms with Crippen molar-refractivity contribution in [2.75, 3.05) is 13.0 Å². The van der Waals surface area contributed by atoms with Gasteiger partial charge in [-0.05, 0) is 0 Å². The van der Waals surface area contributed by atoms with Crippen molar-refractivity contribution in [1.82, 2.24) is 0 Å². The van der Waals surface area contributed by atoms with Crippen LogP contribution in [-0.2, 0) is 13.3 Å². The highest BCUT2D eigenvalue weighted by atomic mass is 28.4. The fourth-order valence-corrected chi connectivity index (χ4v) is 1.60. The summed E-state index contributed by atoms with van der Waals surface area (Å²) in [6.07, 6.45) is 0.757. The first-order chi connectivity index (χ1) is 2.91. The van der Waals surface area contributed by atoms with Crippen molar-refractivity contribution < 1.29 is 13.3 Å². The maximum atomic E-state index is 4.92. The average Bonchev–Trinajstić information content (AvgIpc) is 2.02. The van der Waals surface area contributed by atoms with Crippen LogP contribution in [0.15, 0.2) is 0 Å². The summed E-state index contributed by atoms with van der Waals surface area (Å²) in [5.74, 6) is 0. The van der Waals surface area contributed by atoms with Gasteiger partial charge in [-0.25, -0.2) is 0 Å². The third kappa shape index (κ3) is 0.229. The van der Waals surface area contributed by atoms with Gasteiger partial charge in [0.1, 0.15) is 13.0 Å². The second-order valence-electron chi connectivity index (χ2n) is 1.38. The lowest BCUT2D eigenvalue weighted by Gasteiger charge is -2.18. The lowest BCUT2D eigenvalue weighted by atomic mass is 11.5. The van der Waals surface area contributed by atoms with Crippen LogP contribution in [0.25, 0.3) is 0 Å². The van der Waals surface area contributed by atoms with Crippen molar-refractivity contribution >= 4 is 8.80 Å². The molecule has 3 nitrogen and oxygen atoms in total. The molecule has 2 rings (SSSR count). The quantitative estimate of drug-likeness (QED) is 0.306. The van der Waals surface area contributed by atoms with Crippen LogP contribution < -0.4 is 0 Å². The standard InChI is InChI=1S/C2H4O3Si/c1-3-6(4-1)2-5-6/h1-2H2. The van der Waals surface area contributed by atoms with Crippen LogP contribution in [0.3, 0.4) is 0 Å². The highest BCUT2D eigenvalue weighted by Gasteiger charge is 2.62. The van der Waals surface area contributed by atoms with Crippen LogP contribution in [0.1, 0.15) is 0 Å². The number of hydrogen-bond acceptors (Lipinski definition) is 3. The summed E-state index contributed by atoms with van der Waals surface area (Å²) in [7, 11) is -1.70. The molecular formula is C2H4O3Si. The Balaban J connectivity index is 2.09. The molecule has 0 saturated carbocycles. The fourth-order valence-electron chi connectivity index (χ4n) is 0.416. The molecule has 2 fully saturated rings. The zero-order valence-electron chi connectivity index (χ0n) is 3.14. The third-order valence-corrected chi connectivity index (χ3v) is 2.81. The van der Waals surface area contributed by atoms with E-state index in [1.54, 1.807) is 0 Å². The highest BCUT2D eigenvalue weighted by molar-refractivity contribution is 6.69. The van der Waals surface area contributed by atoms with E-state index >= 15 is 0 Å². The molecular weight excluding hydrogens is 100 g/mol. The normalized spacial score (nSPS) is 36.0. The fraction of sp³-hybridized carbons (Fsp3) is 1.00. The summed E-state index contributed by atoms with van der Waals surface area (Å²) < 4.78 is 14.7. The molecule has 0 aromatic rings. The summed E-state index contributed by atoms with van der Waals surface area (Å²) in [6.45, 7) is 0.465. The van der Waals surface area contributed by atoms with Crippen LogP contribution in [-0.4, -0.2) is 21.8 Å². The first-order valence-corrected chi connectivity index (χ1v) is 3.76. The predicted molar refractivity (Wildman–Crippen MR) is 18.7 cm³/mol. The molecule has 2 saturated heterocycles. The second kappa shape index (κ2) is 0.695. The van der Waals surface area contributed by atoms with E-state index < -0.39 is 8.80 Å². The summed E-state index contributed by atoms with van der Waals surface area (Å²) >= 11 is 0. The van der Waals surface area contributed by atoms with Gasteiger partial charge in [0.2, 0.25) is 0 Å². The summed E-state index contributed by atoms with van der Waals surface area (Å²) in [6, 6.07) is 0. The van der Waals surface area contributed by atoms with Gasteiger partial charge in [0, 0.05) is 0 Å². The van der Waals surface area contributed by atoms with Crippen LogP contribution >= 0.6 is 0 Å². The number of rotatable bonds is 0. The van der Waals surface area contributed by atoms with E-state index in [1.165, 1.54) is 0 Å². The largest absolute Gasteiger partial charge is 0.530 e. The van der Waals surface area contributed by atoms with Crippen LogP contribution in [0, 0.1) is 0 Å². The molecule has 4 heteroatoms. The molecule has 0 amide bonds. The van der Waals surface area contributed by atoms with Gasteiger partial charge in [-0.3, -0.25) is 0 Å². The minimum absolute atomic E-state index is 0.465. The molecule has 2 heterocycles. The van der Waals surface area contributed by atoms with E-state index in [1.807, 2.05) is 0 Å². The summed E-state index contributed by atoms with van der Waals surface area (Å²) in [5, 5.41) is 0.